The molecule has 30 heavy (non-hydrogen) atoms. The summed E-state index contributed by atoms with van der Waals surface area (Å²) in [6.45, 7) is 26.5. The molecule has 0 bridgehead atoms. The lowest BCUT2D eigenvalue weighted by Crippen LogP contribution is -2.25. The van der Waals surface area contributed by atoms with Gasteiger partial charge < -0.3 is 0 Å². The van der Waals surface area contributed by atoms with Crippen LogP contribution in [0.1, 0.15) is 33.4 Å². The zero-order valence-corrected chi connectivity index (χ0v) is 19.5. The first-order chi connectivity index (χ1) is 14.3. The molecule has 3 aliphatic heterocycles. The molecule has 0 aliphatic carbocycles. The third-order valence-corrected chi connectivity index (χ3v) is 6.82. The molecule has 3 aliphatic rings. The summed E-state index contributed by atoms with van der Waals surface area (Å²) in [6.07, 6.45) is 0. The molecule has 0 aromatic heterocycles. The zero-order valence-electron chi connectivity index (χ0n) is 19.5. The van der Waals surface area contributed by atoms with E-state index in [0.717, 1.165) is 58.9 Å². The standard InChI is InChI=1S/C24H36N6/c1-19-22(13-28-10-7-25(4)16-28)20(2)24(15-30-12-9-27(6)18-30)21(3)23(19)14-29-11-8-26(5)17-29/h7-15H2,1-6H3. The largest absolute Gasteiger partial charge is 0.281 e. The molecule has 3 saturated heterocycles. The molecule has 1 aromatic rings. The van der Waals surface area contributed by atoms with E-state index < -0.39 is 0 Å². The van der Waals surface area contributed by atoms with Crippen molar-refractivity contribution in [3.05, 3.63) is 53.4 Å². The van der Waals surface area contributed by atoms with Crippen LogP contribution in [0.15, 0.2) is 0 Å². The maximum absolute atomic E-state index is 3.48. The van der Waals surface area contributed by atoms with Gasteiger partial charge in [0.25, 0.3) is 0 Å². The van der Waals surface area contributed by atoms with Gasteiger partial charge in [0, 0.05) is 58.9 Å². The average Bonchev–Trinajstić information content (AvgIpc) is 3.42. The van der Waals surface area contributed by atoms with Gasteiger partial charge in [0.1, 0.15) is 20.0 Å². The number of benzene rings is 1. The molecule has 6 radical (unpaired) electrons. The van der Waals surface area contributed by atoms with Crippen LogP contribution in [-0.2, 0) is 19.6 Å². The first-order valence-corrected chi connectivity index (χ1v) is 11.1. The van der Waals surface area contributed by atoms with Gasteiger partial charge in [-0.05, 0) is 75.3 Å². The number of hydrogen-bond acceptors (Lipinski definition) is 6. The van der Waals surface area contributed by atoms with Crippen LogP contribution >= 0.6 is 0 Å². The molecule has 4 rings (SSSR count). The van der Waals surface area contributed by atoms with Crippen molar-refractivity contribution in [2.45, 2.75) is 40.4 Å². The van der Waals surface area contributed by atoms with Crippen molar-refractivity contribution < 1.29 is 0 Å². The van der Waals surface area contributed by atoms with E-state index >= 15 is 0 Å². The van der Waals surface area contributed by atoms with Crippen molar-refractivity contribution >= 4 is 0 Å². The molecule has 0 unspecified atom stereocenters. The quantitative estimate of drug-likeness (QED) is 0.710. The second-order valence-electron chi connectivity index (χ2n) is 9.14. The summed E-state index contributed by atoms with van der Waals surface area (Å²) < 4.78 is 0. The summed E-state index contributed by atoms with van der Waals surface area (Å²) in [7, 11) is 6.32. The van der Waals surface area contributed by atoms with Gasteiger partial charge in [0.05, 0.1) is 0 Å². The Morgan fingerprint density at radius 2 is 0.767 bits per heavy atom. The Bertz CT molecular complexity index is 642. The molecule has 0 atom stereocenters. The monoisotopic (exact) mass is 408 g/mol. The zero-order chi connectivity index (χ0) is 21.4. The Labute approximate surface area is 184 Å². The lowest BCUT2D eigenvalue weighted by atomic mass is 9.87. The highest BCUT2D eigenvalue weighted by Gasteiger charge is 2.27. The van der Waals surface area contributed by atoms with Gasteiger partial charge in [0.15, 0.2) is 0 Å². The predicted octanol–water partition coefficient (Wildman–Crippen LogP) is 1.84. The van der Waals surface area contributed by atoms with Crippen LogP contribution < -0.4 is 0 Å². The molecule has 6 heteroatoms. The van der Waals surface area contributed by atoms with E-state index in [1.807, 2.05) is 0 Å². The average molecular weight is 409 g/mol. The topological polar surface area (TPSA) is 19.4 Å². The van der Waals surface area contributed by atoms with Crippen LogP contribution in [0.25, 0.3) is 0 Å². The summed E-state index contributed by atoms with van der Waals surface area (Å²) >= 11 is 0. The van der Waals surface area contributed by atoms with E-state index in [9.17, 15) is 0 Å². The molecular weight excluding hydrogens is 372 g/mol. The van der Waals surface area contributed by atoms with Gasteiger partial charge >= 0.3 is 0 Å². The summed E-state index contributed by atoms with van der Waals surface area (Å²) in [5.41, 5.74) is 8.71. The van der Waals surface area contributed by atoms with Crippen molar-refractivity contribution in [2.24, 2.45) is 0 Å². The molecule has 3 fully saturated rings. The fourth-order valence-electron chi connectivity index (χ4n) is 4.85. The second kappa shape index (κ2) is 9.23. The minimum absolute atomic E-state index is 0.933. The Balaban J connectivity index is 1.66. The van der Waals surface area contributed by atoms with Crippen LogP contribution in [0.3, 0.4) is 0 Å². The molecule has 6 nitrogen and oxygen atoms in total. The van der Waals surface area contributed by atoms with Crippen LogP contribution in [0.5, 0.6) is 0 Å². The van der Waals surface area contributed by atoms with E-state index in [1.165, 1.54) is 33.4 Å². The van der Waals surface area contributed by atoms with Crippen molar-refractivity contribution in [2.75, 3.05) is 60.4 Å². The van der Waals surface area contributed by atoms with Gasteiger partial charge in [-0.25, -0.2) is 0 Å². The fraction of sp³-hybridized carbons (Fsp3) is 0.625. The minimum Gasteiger partial charge on any atom is -0.281 e. The van der Waals surface area contributed by atoms with E-state index in [1.54, 1.807) is 0 Å². The summed E-state index contributed by atoms with van der Waals surface area (Å²) in [4.78, 5) is 13.5. The number of hydrogen-bond donors (Lipinski definition) is 0. The lowest BCUT2D eigenvalue weighted by Gasteiger charge is -2.28. The lowest BCUT2D eigenvalue weighted by molar-refractivity contribution is 0.334. The normalized spacial score (nSPS) is 23.4. The molecule has 162 valence electrons. The molecule has 3 heterocycles. The highest BCUT2D eigenvalue weighted by molar-refractivity contribution is 5.51. The second-order valence-corrected chi connectivity index (χ2v) is 9.14. The minimum atomic E-state index is 0.933. The van der Waals surface area contributed by atoms with Gasteiger partial charge in [-0.15, -0.1) is 0 Å². The molecular formula is C24H36N6. The molecule has 1 aromatic carbocycles. The molecule has 0 N–H and O–H groups in total. The van der Waals surface area contributed by atoms with Crippen LogP contribution in [0.2, 0.25) is 0 Å². The first-order valence-electron chi connectivity index (χ1n) is 11.1. The Hall–Kier alpha value is -1.02. The van der Waals surface area contributed by atoms with Crippen LogP contribution in [0.4, 0.5) is 0 Å². The fourth-order valence-corrected chi connectivity index (χ4v) is 4.85. The van der Waals surface area contributed by atoms with E-state index in [-0.39, 0.29) is 0 Å². The Kier molecular flexibility index (Phi) is 6.82. The summed E-state index contributed by atoms with van der Waals surface area (Å²) in [5, 5.41) is 0. The number of nitrogens with zero attached hydrogens (tertiary/aromatic N) is 6. The smallest absolute Gasteiger partial charge is 0.146 e. The van der Waals surface area contributed by atoms with Crippen molar-refractivity contribution in [1.29, 1.82) is 0 Å². The van der Waals surface area contributed by atoms with E-state index in [4.69, 9.17) is 0 Å². The SMILES string of the molecule is Cc1c(CN2[C]N(C)CC2)c(C)c(CN2[C]N(C)CC2)c(C)c1CN1[C]N(C)CC1. The van der Waals surface area contributed by atoms with Gasteiger partial charge in [0.2, 0.25) is 0 Å². The van der Waals surface area contributed by atoms with Gasteiger partial charge in [-0.2, -0.15) is 0 Å². The summed E-state index contributed by atoms with van der Waals surface area (Å²) in [6, 6.07) is 0. The molecule has 0 spiro atoms. The Morgan fingerprint density at radius 3 is 0.967 bits per heavy atom. The highest BCUT2D eigenvalue weighted by atomic mass is 15.4. The van der Waals surface area contributed by atoms with Crippen LogP contribution in [-0.4, -0.2) is 89.8 Å². The Morgan fingerprint density at radius 1 is 0.500 bits per heavy atom. The number of likely N-dealkylation sites (N-methyl/N-ethyl adjacent to an activating group) is 3. The third kappa shape index (κ3) is 4.74. The number of rotatable bonds is 6. The van der Waals surface area contributed by atoms with Gasteiger partial charge in [-0.1, -0.05) is 0 Å². The van der Waals surface area contributed by atoms with Crippen LogP contribution in [0, 0.1) is 40.8 Å². The maximum atomic E-state index is 3.48. The van der Waals surface area contributed by atoms with Gasteiger partial charge in [-0.3, -0.25) is 29.4 Å². The summed E-state index contributed by atoms with van der Waals surface area (Å²) in [5.74, 6) is 0. The molecule has 0 saturated carbocycles. The van der Waals surface area contributed by atoms with Crippen molar-refractivity contribution in [3.8, 4) is 0 Å². The maximum Gasteiger partial charge on any atom is 0.146 e. The van der Waals surface area contributed by atoms with Crippen molar-refractivity contribution in [3.63, 3.8) is 0 Å². The first kappa shape index (κ1) is 22.2. The predicted molar refractivity (Wildman–Crippen MR) is 120 cm³/mol. The van der Waals surface area contributed by atoms with E-state index in [0.29, 0.717) is 0 Å². The van der Waals surface area contributed by atoms with Crippen molar-refractivity contribution in [1.82, 2.24) is 29.4 Å². The molecule has 0 amide bonds. The third-order valence-electron chi connectivity index (χ3n) is 6.82. The van der Waals surface area contributed by atoms with E-state index in [2.05, 4.69) is 91.3 Å². The highest BCUT2D eigenvalue weighted by Crippen LogP contribution is 2.32.